The van der Waals surface area contributed by atoms with Crippen molar-refractivity contribution < 1.29 is 22.5 Å². The number of hydrogen-bond donors (Lipinski definition) is 2. The van der Waals surface area contributed by atoms with Crippen molar-refractivity contribution >= 4 is 49.9 Å². The van der Waals surface area contributed by atoms with Crippen LogP contribution in [0.25, 0.3) is 0 Å². The van der Waals surface area contributed by atoms with Crippen molar-refractivity contribution in [1.82, 2.24) is 0 Å². The Hall–Kier alpha value is -2.99. The van der Waals surface area contributed by atoms with Gasteiger partial charge in [-0.05, 0) is 24.3 Å². The summed E-state index contributed by atoms with van der Waals surface area (Å²) in [4.78, 5) is 21.9. The number of anilines is 2. The molecule has 9 nitrogen and oxygen atoms in total. The fourth-order valence-corrected chi connectivity index (χ4v) is 4.25. The molecule has 0 unspecified atom stereocenters. The van der Waals surface area contributed by atoms with Crippen molar-refractivity contribution in [3.05, 3.63) is 58.4 Å². The standard InChI is InChI=1S/C15H11FN4O5S2/c16-9-4-5-12-13(6-9)27(24,25)19-15(18-12)26-8-14(21)17-10-2-1-3-11(7-10)20(22)23/h1-7H,8H2,(H,17,21)(H,18,19). The smallest absolute Gasteiger partial charge is 0.286 e. The summed E-state index contributed by atoms with van der Waals surface area (Å²) in [7, 11) is -4.08. The maximum Gasteiger partial charge on any atom is 0.286 e. The molecule has 0 atom stereocenters. The summed E-state index contributed by atoms with van der Waals surface area (Å²) in [5.41, 5.74) is 0.225. The molecule has 0 bridgehead atoms. The number of thioether (sulfide) groups is 1. The molecule has 1 heterocycles. The first kappa shape index (κ1) is 18.8. The van der Waals surface area contributed by atoms with Crippen LogP contribution in [0, 0.1) is 15.9 Å². The number of amidine groups is 1. The average Bonchev–Trinajstić information content (AvgIpc) is 2.60. The lowest BCUT2D eigenvalue weighted by Gasteiger charge is -2.17. The van der Waals surface area contributed by atoms with Gasteiger partial charge in [0.2, 0.25) is 5.91 Å². The summed E-state index contributed by atoms with van der Waals surface area (Å²) in [6.07, 6.45) is 0. The van der Waals surface area contributed by atoms with Gasteiger partial charge in [0.05, 0.1) is 16.4 Å². The van der Waals surface area contributed by atoms with Gasteiger partial charge in [0.15, 0.2) is 5.17 Å². The number of nitro benzene ring substituents is 1. The highest BCUT2D eigenvalue weighted by atomic mass is 32.2. The molecule has 0 radical (unpaired) electrons. The van der Waals surface area contributed by atoms with Crippen LogP contribution in [-0.4, -0.2) is 30.2 Å². The molecule has 0 spiro atoms. The number of nitrogens with one attached hydrogen (secondary N) is 2. The molecule has 140 valence electrons. The Kier molecular flexibility index (Phi) is 5.10. The van der Waals surface area contributed by atoms with Crippen LogP contribution in [0.5, 0.6) is 0 Å². The molecule has 0 saturated carbocycles. The van der Waals surface area contributed by atoms with Gasteiger partial charge in [-0.15, -0.1) is 4.40 Å². The van der Waals surface area contributed by atoms with Crippen molar-refractivity contribution in [2.24, 2.45) is 4.40 Å². The maximum atomic E-state index is 13.2. The second kappa shape index (κ2) is 7.32. The molecule has 1 aliphatic heterocycles. The molecule has 2 aromatic rings. The Bertz CT molecular complexity index is 1070. The lowest BCUT2D eigenvalue weighted by molar-refractivity contribution is -0.384. The molecule has 1 amide bonds. The zero-order valence-electron chi connectivity index (χ0n) is 13.4. The molecule has 1 aliphatic rings. The number of sulfonamides is 1. The molecular weight excluding hydrogens is 399 g/mol. The zero-order valence-corrected chi connectivity index (χ0v) is 15.0. The van der Waals surface area contributed by atoms with E-state index in [1.807, 2.05) is 0 Å². The summed E-state index contributed by atoms with van der Waals surface area (Å²) in [5.74, 6) is -1.41. The highest BCUT2D eigenvalue weighted by molar-refractivity contribution is 8.15. The third kappa shape index (κ3) is 4.41. The van der Waals surface area contributed by atoms with E-state index in [1.54, 1.807) is 0 Å². The molecule has 3 rings (SSSR count). The van der Waals surface area contributed by atoms with Gasteiger partial charge in [-0.25, -0.2) is 4.39 Å². The second-order valence-corrected chi connectivity index (χ2v) is 7.82. The molecule has 0 aliphatic carbocycles. The summed E-state index contributed by atoms with van der Waals surface area (Å²) < 4.78 is 41.0. The van der Waals surface area contributed by atoms with Gasteiger partial charge in [-0.1, -0.05) is 17.8 Å². The van der Waals surface area contributed by atoms with Gasteiger partial charge in [-0.3, -0.25) is 14.9 Å². The number of amides is 1. The molecule has 0 fully saturated rings. The lowest BCUT2D eigenvalue weighted by atomic mass is 10.3. The van der Waals surface area contributed by atoms with E-state index in [9.17, 15) is 27.7 Å². The Morgan fingerprint density at radius 2 is 2.07 bits per heavy atom. The minimum atomic E-state index is -4.08. The van der Waals surface area contributed by atoms with Crippen LogP contribution in [0.2, 0.25) is 0 Å². The van der Waals surface area contributed by atoms with E-state index < -0.39 is 26.7 Å². The second-order valence-electron chi connectivity index (χ2n) is 5.28. The summed E-state index contributed by atoms with van der Waals surface area (Å²) >= 11 is 0.825. The van der Waals surface area contributed by atoms with Crippen LogP contribution in [0.1, 0.15) is 0 Å². The number of carbonyl (C=O) groups excluding carboxylic acids is 1. The van der Waals surface area contributed by atoms with Crippen LogP contribution in [0.15, 0.2) is 51.8 Å². The third-order valence-electron chi connectivity index (χ3n) is 3.35. The first-order chi connectivity index (χ1) is 12.7. The van der Waals surface area contributed by atoms with E-state index in [-0.39, 0.29) is 32.9 Å². The van der Waals surface area contributed by atoms with E-state index in [0.29, 0.717) is 0 Å². The van der Waals surface area contributed by atoms with E-state index in [0.717, 1.165) is 23.9 Å². The fraction of sp³-hybridized carbons (Fsp3) is 0.0667. The monoisotopic (exact) mass is 410 g/mol. The van der Waals surface area contributed by atoms with E-state index >= 15 is 0 Å². The number of rotatable bonds is 4. The molecule has 0 aromatic heterocycles. The fourth-order valence-electron chi connectivity index (χ4n) is 2.20. The van der Waals surface area contributed by atoms with Crippen molar-refractivity contribution in [1.29, 1.82) is 0 Å². The topological polar surface area (TPSA) is 131 Å². The van der Waals surface area contributed by atoms with Crippen LogP contribution >= 0.6 is 11.8 Å². The predicted octanol–water partition coefficient (Wildman–Crippen LogP) is 2.58. The van der Waals surface area contributed by atoms with Crippen LogP contribution in [0.3, 0.4) is 0 Å². The minimum absolute atomic E-state index is 0.0386. The summed E-state index contributed by atoms with van der Waals surface area (Å²) in [6, 6.07) is 8.63. The molecule has 2 N–H and O–H groups in total. The number of benzene rings is 2. The zero-order chi connectivity index (χ0) is 19.6. The largest absolute Gasteiger partial charge is 0.333 e. The molecule has 0 saturated heterocycles. The predicted molar refractivity (Wildman–Crippen MR) is 98.8 cm³/mol. The van der Waals surface area contributed by atoms with E-state index in [1.165, 1.54) is 30.3 Å². The van der Waals surface area contributed by atoms with Crippen LogP contribution in [0.4, 0.5) is 21.5 Å². The van der Waals surface area contributed by atoms with Gasteiger partial charge in [-0.2, -0.15) is 8.42 Å². The Balaban J connectivity index is 1.66. The number of hydrogen-bond acceptors (Lipinski definition) is 7. The molecule has 2 aromatic carbocycles. The summed E-state index contributed by atoms with van der Waals surface area (Å²) in [5, 5.41) is 15.9. The van der Waals surface area contributed by atoms with Gasteiger partial charge in [0.25, 0.3) is 15.7 Å². The Labute approximate surface area is 156 Å². The van der Waals surface area contributed by atoms with E-state index in [4.69, 9.17) is 0 Å². The van der Waals surface area contributed by atoms with Gasteiger partial charge >= 0.3 is 0 Å². The normalized spacial score (nSPS) is 14.5. The number of non-ortho nitro benzene ring substituents is 1. The van der Waals surface area contributed by atoms with Crippen LogP contribution < -0.4 is 10.6 Å². The SMILES string of the molecule is O=C(CSC1=NS(=O)(=O)c2cc(F)ccc2N1)Nc1cccc([N+](=O)[O-])c1. The first-order valence-corrected chi connectivity index (χ1v) is 9.76. The highest BCUT2D eigenvalue weighted by Gasteiger charge is 2.26. The van der Waals surface area contributed by atoms with Crippen LogP contribution in [-0.2, 0) is 14.8 Å². The van der Waals surface area contributed by atoms with Crippen molar-refractivity contribution in [2.75, 3.05) is 16.4 Å². The molecule has 12 heteroatoms. The minimum Gasteiger partial charge on any atom is -0.333 e. The number of fused-ring (bicyclic) bond motifs is 1. The number of carbonyl (C=O) groups is 1. The number of halogens is 1. The van der Waals surface area contributed by atoms with Gasteiger partial charge in [0, 0.05) is 17.8 Å². The van der Waals surface area contributed by atoms with E-state index in [2.05, 4.69) is 15.0 Å². The first-order valence-electron chi connectivity index (χ1n) is 7.33. The van der Waals surface area contributed by atoms with Crippen molar-refractivity contribution in [3.8, 4) is 0 Å². The van der Waals surface area contributed by atoms with Gasteiger partial charge < -0.3 is 10.6 Å². The molecule has 27 heavy (non-hydrogen) atoms. The van der Waals surface area contributed by atoms with Crippen molar-refractivity contribution in [3.63, 3.8) is 0 Å². The summed E-state index contributed by atoms with van der Waals surface area (Å²) in [6.45, 7) is 0. The van der Waals surface area contributed by atoms with Crippen molar-refractivity contribution in [2.45, 2.75) is 4.90 Å². The molecular formula is C15H11FN4O5S2. The average molecular weight is 410 g/mol. The number of nitro groups is 1. The van der Waals surface area contributed by atoms with Gasteiger partial charge in [0.1, 0.15) is 10.7 Å². The maximum absolute atomic E-state index is 13.2. The Morgan fingerprint density at radius 1 is 1.30 bits per heavy atom. The number of nitrogens with zero attached hydrogens (tertiary/aromatic N) is 2. The highest BCUT2D eigenvalue weighted by Crippen LogP contribution is 2.30. The quantitative estimate of drug-likeness (QED) is 0.585. The lowest BCUT2D eigenvalue weighted by Crippen LogP contribution is -2.22. The third-order valence-corrected chi connectivity index (χ3v) is 5.65. The Morgan fingerprint density at radius 3 is 2.81 bits per heavy atom.